The van der Waals surface area contributed by atoms with Gasteiger partial charge in [0.05, 0.1) is 5.92 Å². The minimum atomic E-state index is -0.0223. The van der Waals surface area contributed by atoms with Gasteiger partial charge >= 0.3 is 0 Å². The smallest absolute Gasteiger partial charge is 0.166 e. The van der Waals surface area contributed by atoms with Crippen LogP contribution in [0.2, 0.25) is 0 Å². The monoisotopic (exact) mass is 222 g/mol. The van der Waals surface area contributed by atoms with Gasteiger partial charge in [-0.25, -0.2) is 0 Å². The fourth-order valence-corrected chi connectivity index (χ4v) is 3.38. The van der Waals surface area contributed by atoms with Crippen molar-refractivity contribution in [1.82, 2.24) is 0 Å². The third-order valence-electron chi connectivity index (χ3n) is 4.28. The molecule has 1 heteroatoms. The Morgan fingerprint density at radius 1 is 0.941 bits per heavy atom. The summed E-state index contributed by atoms with van der Waals surface area (Å²) in [5.41, 5.74) is 5.59. The highest BCUT2D eigenvalue weighted by atomic mass is 16.1. The van der Waals surface area contributed by atoms with E-state index in [0.717, 1.165) is 0 Å². The highest BCUT2D eigenvalue weighted by molar-refractivity contribution is 5.99. The summed E-state index contributed by atoms with van der Waals surface area (Å²) >= 11 is 0. The second kappa shape index (κ2) is 3.19. The molecule has 1 aromatic rings. The Kier molecular flexibility index (Phi) is 1.77. The highest BCUT2D eigenvalue weighted by Gasteiger charge is 2.30. The van der Waals surface area contributed by atoms with Crippen LogP contribution >= 0.6 is 0 Å². The molecular formula is C16H14O. The van der Waals surface area contributed by atoms with Crippen molar-refractivity contribution in [2.75, 3.05) is 0 Å². The van der Waals surface area contributed by atoms with Crippen molar-refractivity contribution in [3.63, 3.8) is 0 Å². The summed E-state index contributed by atoms with van der Waals surface area (Å²) < 4.78 is 0. The second-order valence-electron chi connectivity index (χ2n) is 5.25. The van der Waals surface area contributed by atoms with Crippen molar-refractivity contribution in [2.45, 2.75) is 31.1 Å². The van der Waals surface area contributed by atoms with Crippen LogP contribution in [0.15, 0.2) is 36.4 Å². The molecular weight excluding hydrogens is 208 g/mol. The van der Waals surface area contributed by atoms with E-state index in [4.69, 9.17) is 0 Å². The molecule has 2 bridgehead atoms. The Bertz CT molecular complexity index is 577. The Hall–Kier alpha value is -1.63. The first kappa shape index (κ1) is 9.41. The van der Waals surface area contributed by atoms with E-state index in [1.807, 2.05) is 6.08 Å². The maximum Gasteiger partial charge on any atom is 0.166 e. The molecule has 1 aromatic carbocycles. The van der Waals surface area contributed by atoms with Crippen molar-refractivity contribution < 1.29 is 4.79 Å². The summed E-state index contributed by atoms with van der Waals surface area (Å²) in [7, 11) is 0. The Balaban J connectivity index is 1.99. The van der Waals surface area contributed by atoms with Gasteiger partial charge in [0.25, 0.3) is 0 Å². The van der Waals surface area contributed by atoms with Crippen molar-refractivity contribution in [1.29, 1.82) is 0 Å². The molecule has 4 aliphatic rings. The van der Waals surface area contributed by atoms with Crippen LogP contribution in [0, 0.1) is 0 Å². The number of rotatable bonds is 0. The average Bonchev–Trinajstić information content (AvgIpc) is 2.67. The standard InChI is InChI=1S/C16H14O/c17-16-7-5-10-4-6-13(16)15-9-12-3-1-2-11(12)8-14(10)15/h4-10,13H,1-3H2. The molecule has 5 rings (SSSR count). The van der Waals surface area contributed by atoms with Crippen LogP contribution in [-0.4, -0.2) is 5.78 Å². The van der Waals surface area contributed by atoms with Crippen molar-refractivity contribution in [3.05, 3.63) is 58.7 Å². The largest absolute Gasteiger partial charge is 0.294 e. The molecule has 0 saturated heterocycles. The lowest BCUT2D eigenvalue weighted by molar-refractivity contribution is -0.115. The molecule has 0 radical (unpaired) electrons. The zero-order valence-corrected chi connectivity index (χ0v) is 9.65. The van der Waals surface area contributed by atoms with Crippen molar-refractivity contribution in [3.8, 4) is 0 Å². The average molecular weight is 222 g/mol. The van der Waals surface area contributed by atoms with E-state index in [0.29, 0.717) is 5.92 Å². The Labute approximate surface area is 101 Å². The van der Waals surface area contributed by atoms with Gasteiger partial charge in [-0.15, -0.1) is 0 Å². The van der Waals surface area contributed by atoms with Gasteiger partial charge in [-0.1, -0.05) is 30.4 Å². The molecule has 0 fully saturated rings. The SMILES string of the molecule is O=C1C=CC2C=CC1c1cc3c(cc12)CCC3. The van der Waals surface area contributed by atoms with E-state index >= 15 is 0 Å². The topological polar surface area (TPSA) is 17.1 Å². The van der Waals surface area contributed by atoms with Crippen LogP contribution in [0.3, 0.4) is 0 Å². The van der Waals surface area contributed by atoms with Gasteiger partial charge in [-0.05, 0) is 47.6 Å². The molecule has 0 amide bonds. The van der Waals surface area contributed by atoms with Crippen LogP contribution in [0.1, 0.15) is 40.5 Å². The lowest BCUT2D eigenvalue weighted by Gasteiger charge is -2.22. The Morgan fingerprint density at radius 3 is 2.53 bits per heavy atom. The molecule has 1 nitrogen and oxygen atoms in total. The van der Waals surface area contributed by atoms with Crippen LogP contribution in [-0.2, 0) is 17.6 Å². The minimum Gasteiger partial charge on any atom is -0.294 e. The first-order valence-corrected chi connectivity index (χ1v) is 6.39. The van der Waals surface area contributed by atoms with Crippen molar-refractivity contribution >= 4 is 5.78 Å². The predicted molar refractivity (Wildman–Crippen MR) is 67.2 cm³/mol. The number of carbonyl (C=O) groups is 1. The molecule has 0 saturated carbocycles. The van der Waals surface area contributed by atoms with E-state index < -0.39 is 0 Å². The number of hydrogen-bond acceptors (Lipinski definition) is 1. The summed E-state index contributed by atoms with van der Waals surface area (Å²) in [5.74, 6) is 0.532. The van der Waals surface area contributed by atoms with Gasteiger partial charge in [0.15, 0.2) is 5.78 Å². The highest BCUT2D eigenvalue weighted by Crippen LogP contribution is 2.41. The minimum absolute atomic E-state index is 0.0223. The van der Waals surface area contributed by atoms with Crippen LogP contribution < -0.4 is 0 Å². The zero-order valence-electron chi connectivity index (χ0n) is 9.65. The summed E-state index contributed by atoms with van der Waals surface area (Å²) in [6.45, 7) is 0. The molecule has 0 N–H and O–H groups in total. The Morgan fingerprint density at radius 2 is 1.71 bits per heavy atom. The first-order chi connectivity index (χ1) is 8.33. The van der Waals surface area contributed by atoms with Crippen LogP contribution in [0.4, 0.5) is 0 Å². The summed E-state index contributed by atoms with van der Waals surface area (Å²) in [4.78, 5) is 12.0. The number of carbonyl (C=O) groups excluding carboxylic acids is 1. The molecule has 84 valence electrons. The van der Waals surface area contributed by atoms with Crippen molar-refractivity contribution in [2.24, 2.45) is 0 Å². The van der Waals surface area contributed by atoms with Crippen LogP contribution in [0.5, 0.6) is 0 Å². The third kappa shape index (κ3) is 1.22. The summed E-state index contributed by atoms with van der Waals surface area (Å²) in [6.07, 6.45) is 11.7. The van der Waals surface area contributed by atoms with Gasteiger partial charge in [0, 0.05) is 5.92 Å². The second-order valence-corrected chi connectivity index (χ2v) is 5.25. The normalized spacial score (nSPS) is 28.1. The molecule has 17 heavy (non-hydrogen) atoms. The summed E-state index contributed by atoms with van der Waals surface area (Å²) in [5, 5.41) is 0. The molecule has 2 atom stereocenters. The first-order valence-electron chi connectivity index (χ1n) is 6.39. The summed E-state index contributed by atoms with van der Waals surface area (Å²) in [6, 6.07) is 4.64. The van der Waals surface area contributed by atoms with E-state index in [1.165, 1.54) is 41.5 Å². The van der Waals surface area contributed by atoms with E-state index in [-0.39, 0.29) is 11.7 Å². The molecule has 0 heterocycles. The molecule has 0 spiro atoms. The third-order valence-corrected chi connectivity index (χ3v) is 4.28. The number of benzene rings is 1. The molecule has 0 aliphatic heterocycles. The van der Waals surface area contributed by atoms with Crippen LogP contribution in [0.25, 0.3) is 0 Å². The van der Waals surface area contributed by atoms with Gasteiger partial charge in [-0.2, -0.15) is 0 Å². The van der Waals surface area contributed by atoms with E-state index in [1.54, 1.807) is 6.08 Å². The lowest BCUT2D eigenvalue weighted by atomic mass is 9.81. The quantitative estimate of drug-likeness (QED) is 0.617. The number of hydrogen-bond donors (Lipinski definition) is 0. The van der Waals surface area contributed by atoms with Gasteiger partial charge in [-0.3, -0.25) is 4.79 Å². The maximum atomic E-state index is 12.0. The number of aryl methyl sites for hydroxylation is 2. The molecule has 2 unspecified atom stereocenters. The van der Waals surface area contributed by atoms with Gasteiger partial charge in [0.1, 0.15) is 0 Å². The van der Waals surface area contributed by atoms with Gasteiger partial charge < -0.3 is 0 Å². The molecule has 4 aliphatic carbocycles. The zero-order chi connectivity index (χ0) is 11.4. The fraction of sp³-hybridized carbons (Fsp3) is 0.312. The number of fused-ring (bicyclic) bond motifs is 2. The maximum absolute atomic E-state index is 12.0. The van der Waals surface area contributed by atoms with E-state index in [9.17, 15) is 4.79 Å². The lowest BCUT2D eigenvalue weighted by Crippen LogP contribution is -2.12. The van der Waals surface area contributed by atoms with Gasteiger partial charge in [0.2, 0.25) is 0 Å². The predicted octanol–water partition coefficient (Wildman–Crippen LogP) is 3.05. The fourth-order valence-electron chi connectivity index (χ4n) is 3.38. The number of allylic oxidation sites excluding steroid dienone is 4. The molecule has 0 aromatic heterocycles. The van der Waals surface area contributed by atoms with E-state index in [2.05, 4.69) is 24.3 Å². The number of ketones is 1.